The van der Waals surface area contributed by atoms with Crippen molar-refractivity contribution in [3.05, 3.63) is 24.3 Å². The summed E-state index contributed by atoms with van der Waals surface area (Å²) in [6.07, 6.45) is 6.96. The minimum absolute atomic E-state index is 0.291. The van der Waals surface area contributed by atoms with E-state index in [1.54, 1.807) is 12.4 Å². The lowest BCUT2D eigenvalue weighted by Crippen LogP contribution is -1.98. The zero-order chi connectivity index (χ0) is 8.81. The van der Waals surface area contributed by atoms with Crippen LogP contribution in [0.1, 0.15) is 25.3 Å². The van der Waals surface area contributed by atoms with E-state index in [1.807, 2.05) is 6.92 Å². The van der Waals surface area contributed by atoms with Crippen LogP contribution in [0.25, 0.3) is 0 Å². The van der Waals surface area contributed by atoms with E-state index in [0.717, 1.165) is 12.0 Å². The van der Waals surface area contributed by atoms with Crippen LogP contribution < -0.4 is 0 Å². The largest absolute Gasteiger partial charge is 0.300 e. The Bertz CT molecular complexity index is 246. The van der Waals surface area contributed by atoms with Gasteiger partial charge in [0.2, 0.25) is 0 Å². The zero-order valence-corrected chi connectivity index (χ0v) is 7.16. The molecule has 0 radical (unpaired) electrons. The molecule has 0 fully saturated rings. The zero-order valence-electron chi connectivity index (χ0n) is 7.16. The minimum atomic E-state index is 0.291. The average molecular weight is 164 g/mol. The molecule has 12 heavy (non-hydrogen) atoms. The predicted molar refractivity (Wildman–Crippen MR) is 45.7 cm³/mol. The molecule has 0 unspecified atom stereocenters. The number of Topliss-reactive ketones (excluding diaryl/α,β-unsaturated/α-hetero) is 1. The van der Waals surface area contributed by atoms with E-state index in [2.05, 4.69) is 9.97 Å². The minimum Gasteiger partial charge on any atom is -0.300 e. The lowest BCUT2D eigenvalue weighted by atomic mass is 10.1. The van der Waals surface area contributed by atoms with Crippen molar-refractivity contribution in [2.75, 3.05) is 0 Å². The van der Waals surface area contributed by atoms with Crippen molar-refractivity contribution in [3.63, 3.8) is 0 Å². The van der Waals surface area contributed by atoms with Crippen LogP contribution >= 0.6 is 0 Å². The monoisotopic (exact) mass is 164 g/mol. The summed E-state index contributed by atoms with van der Waals surface area (Å²) in [6, 6.07) is 0. The van der Waals surface area contributed by atoms with Gasteiger partial charge in [-0.25, -0.2) is 9.97 Å². The summed E-state index contributed by atoms with van der Waals surface area (Å²) in [5.74, 6) is 0.291. The van der Waals surface area contributed by atoms with Crippen molar-refractivity contribution in [2.24, 2.45) is 0 Å². The van der Waals surface area contributed by atoms with Crippen molar-refractivity contribution in [2.45, 2.75) is 26.2 Å². The van der Waals surface area contributed by atoms with Gasteiger partial charge >= 0.3 is 0 Å². The van der Waals surface area contributed by atoms with Gasteiger partial charge in [-0.3, -0.25) is 4.79 Å². The third kappa shape index (κ3) is 2.78. The first-order valence-electron chi connectivity index (χ1n) is 4.08. The van der Waals surface area contributed by atoms with Crippen LogP contribution in [0.15, 0.2) is 18.7 Å². The Morgan fingerprint density at radius 1 is 1.42 bits per heavy atom. The standard InChI is InChI=1S/C9H12N2O/c1-2-9(12)4-3-8-5-10-7-11-6-8/h5-7H,2-4H2,1H3. The van der Waals surface area contributed by atoms with E-state index in [9.17, 15) is 4.79 Å². The van der Waals surface area contributed by atoms with Gasteiger partial charge in [-0.15, -0.1) is 0 Å². The maximum Gasteiger partial charge on any atom is 0.132 e. The van der Waals surface area contributed by atoms with Gasteiger partial charge in [0.15, 0.2) is 0 Å². The summed E-state index contributed by atoms with van der Waals surface area (Å²) in [5.41, 5.74) is 1.03. The van der Waals surface area contributed by atoms with Crippen LogP contribution in [-0.2, 0) is 11.2 Å². The third-order valence-electron chi connectivity index (χ3n) is 1.70. The first-order chi connectivity index (χ1) is 5.83. The molecule has 1 aromatic heterocycles. The second kappa shape index (κ2) is 4.59. The number of aromatic nitrogens is 2. The summed E-state index contributed by atoms with van der Waals surface area (Å²) >= 11 is 0. The van der Waals surface area contributed by atoms with Crippen molar-refractivity contribution in [1.29, 1.82) is 0 Å². The summed E-state index contributed by atoms with van der Waals surface area (Å²) in [7, 11) is 0. The molecular weight excluding hydrogens is 152 g/mol. The van der Waals surface area contributed by atoms with E-state index in [4.69, 9.17) is 0 Å². The highest BCUT2D eigenvalue weighted by Gasteiger charge is 1.98. The van der Waals surface area contributed by atoms with Gasteiger partial charge in [-0.05, 0) is 12.0 Å². The number of carbonyl (C=O) groups excluding carboxylic acids is 1. The molecule has 0 amide bonds. The van der Waals surface area contributed by atoms with Gasteiger partial charge in [-0.2, -0.15) is 0 Å². The van der Waals surface area contributed by atoms with Crippen LogP contribution in [0.2, 0.25) is 0 Å². The van der Waals surface area contributed by atoms with Crippen molar-refractivity contribution >= 4 is 5.78 Å². The van der Waals surface area contributed by atoms with E-state index >= 15 is 0 Å². The number of nitrogens with zero attached hydrogens (tertiary/aromatic N) is 2. The Balaban J connectivity index is 2.38. The van der Waals surface area contributed by atoms with E-state index < -0.39 is 0 Å². The van der Waals surface area contributed by atoms with E-state index in [0.29, 0.717) is 18.6 Å². The Morgan fingerprint density at radius 2 is 2.08 bits per heavy atom. The first-order valence-corrected chi connectivity index (χ1v) is 4.08. The topological polar surface area (TPSA) is 42.9 Å². The molecule has 1 aromatic rings. The molecule has 0 spiro atoms. The molecule has 0 aliphatic rings. The molecule has 3 nitrogen and oxygen atoms in total. The number of rotatable bonds is 4. The third-order valence-corrected chi connectivity index (χ3v) is 1.70. The Hall–Kier alpha value is -1.25. The van der Waals surface area contributed by atoms with Crippen LogP contribution in [0.5, 0.6) is 0 Å². The highest BCUT2D eigenvalue weighted by Crippen LogP contribution is 2.00. The molecule has 1 rings (SSSR count). The molecule has 0 aliphatic carbocycles. The summed E-state index contributed by atoms with van der Waals surface area (Å²) in [4.78, 5) is 18.7. The second-order valence-electron chi connectivity index (χ2n) is 2.64. The highest BCUT2D eigenvalue weighted by atomic mass is 16.1. The fourth-order valence-corrected chi connectivity index (χ4v) is 0.920. The molecule has 3 heteroatoms. The normalized spacial score (nSPS) is 9.75. The molecule has 0 saturated carbocycles. The van der Waals surface area contributed by atoms with Crippen LogP contribution in [0.4, 0.5) is 0 Å². The Morgan fingerprint density at radius 3 is 2.67 bits per heavy atom. The van der Waals surface area contributed by atoms with Gasteiger partial charge in [0.05, 0.1) is 0 Å². The maximum absolute atomic E-state index is 10.9. The van der Waals surface area contributed by atoms with E-state index in [-0.39, 0.29) is 0 Å². The number of aryl methyl sites for hydroxylation is 1. The van der Waals surface area contributed by atoms with Gasteiger partial charge in [-0.1, -0.05) is 6.92 Å². The molecule has 0 N–H and O–H groups in total. The molecule has 0 bridgehead atoms. The lowest BCUT2D eigenvalue weighted by Gasteiger charge is -1.96. The number of ketones is 1. The average Bonchev–Trinajstić information content (AvgIpc) is 2.16. The van der Waals surface area contributed by atoms with Gasteiger partial charge in [0.25, 0.3) is 0 Å². The fraction of sp³-hybridized carbons (Fsp3) is 0.444. The second-order valence-corrected chi connectivity index (χ2v) is 2.64. The number of carbonyl (C=O) groups is 1. The van der Waals surface area contributed by atoms with Crippen molar-refractivity contribution in [3.8, 4) is 0 Å². The predicted octanol–water partition coefficient (Wildman–Crippen LogP) is 1.39. The van der Waals surface area contributed by atoms with Crippen LogP contribution in [0, 0.1) is 0 Å². The highest BCUT2D eigenvalue weighted by molar-refractivity contribution is 5.78. The van der Waals surface area contributed by atoms with Crippen LogP contribution in [-0.4, -0.2) is 15.8 Å². The van der Waals surface area contributed by atoms with Gasteiger partial charge in [0, 0.05) is 25.2 Å². The molecule has 64 valence electrons. The van der Waals surface area contributed by atoms with Crippen molar-refractivity contribution < 1.29 is 4.79 Å². The smallest absolute Gasteiger partial charge is 0.132 e. The van der Waals surface area contributed by atoms with Gasteiger partial charge < -0.3 is 0 Å². The summed E-state index contributed by atoms with van der Waals surface area (Å²) in [5, 5.41) is 0. The Labute approximate surface area is 71.9 Å². The number of hydrogen-bond donors (Lipinski definition) is 0. The summed E-state index contributed by atoms with van der Waals surface area (Å²) in [6.45, 7) is 1.88. The maximum atomic E-state index is 10.9. The van der Waals surface area contributed by atoms with Gasteiger partial charge in [0.1, 0.15) is 12.1 Å². The van der Waals surface area contributed by atoms with Crippen molar-refractivity contribution in [1.82, 2.24) is 9.97 Å². The molecule has 0 atom stereocenters. The quantitative estimate of drug-likeness (QED) is 0.675. The molecule has 1 heterocycles. The summed E-state index contributed by atoms with van der Waals surface area (Å²) < 4.78 is 0. The molecular formula is C9H12N2O. The SMILES string of the molecule is CCC(=O)CCc1cncnc1. The molecule has 0 saturated heterocycles. The molecule has 0 aliphatic heterocycles. The first kappa shape index (κ1) is 8.84. The lowest BCUT2D eigenvalue weighted by molar-refractivity contribution is -0.118. The number of hydrogen-bond acceptors (Lipinski definition) is 3. The fourth-order valence-electron chi connectivity index (χ4n) is 0.920. The Kier molecular flexibility index (Phi) is 3.38. The molecule has 0 aromatic carbocycles. The van der Waals surface area contributed by atoms with Crippen LogP contribution in [0.3, 0.4) is 0 Å². The van der Waals surface area contributed by atoms with E-state index in [1.165, 1.54) is 6.33 Å².